The van der Waals surface area contributed by atoms with Crippen molar-refractivity contribution < 1.29 is 22.7 Å². The maximum absolute atomic E-state index is 13.9. The molecule has 0 saturated carbocycles. The molecule has 0 fully saturated rings. The van der Waals surface area contributed by atoms with Crippen LogP contribution in [0.4, 0.5) is 17.6 Å². The first-order valence-corrected chi connectivity index (χ1v) is 6.50. The van der Waals surface area contributed by atoms with Crippen LogP contribution in [-0.2, 0) is 5.11 Å². The molecule has 2 aromatic rings. The average molecular weight is 297 g/mol. The van der Waals surface area contributed by atoms with Gasteiger partial charge in [0.2, 0.25) is 0 Å². The van der Waals surface area contributed by atoms with Gasteiger partial charge in [0.05, 0.1) is 6.61 Å². The lowest BCUT2D eigenvalue weighted by molar-refractivity contribution is 0.185. The number of hydrogen-bond donors (Lipinski definition) is 0. The van der Waals surface area contributed by atoms with Gasteiger partial charge in [-0.3, -0.25) is 0 Å². The molecule has 0 aliphatic rings. The van der Waals surface area contributed by atoms with E-state index in [1.54, 1.807) is 0 Å². The summed E-state index contributed by atoms with van der Waals surface area (Å²) >= 11 is 0. The lowest BCUT2D eigenvalue weighted by Gasteiger charge is -2.18. The summed E-state index contributed by atoms with van der Waals surface area (Å²) in [6, 6.07) is 5.95. The molecule has 0 amide bonds. The van der Waals surface area contributed by atoms with E-state index in [2.05, 4.69) is 0 Å². The fraction of sp³-hybridized carbons (Fsp3) is 0.250. The Bertz CT molecular complexity index is 607. The number of hydrogen-bond acceptors (Lipinski definition) is 0. The van der Waals surface area contributed by atoms with Gasteiger partial charge in [-0.15, -0.1) is 0 Å². The van der Waals surface area contributed by atoms with E-state index in [0.29, 0.717) is 0 Å². The van der Waals surface area contributed by atoms with Gasteiger partial charge in [0, 0.05) is 18.1 Å². The summed E-state index contributed by atoms with van der Waals surface area (Å²) in [4.78, 5) is 0. The average Bonchev–Trinajstić information content (AvgIpc) is 2.40. The Hall–Kier alpha value is -1.88. The standard InChI is InChI=1S/C16H13F4O/c17-11-3-4-15(16(20)9-11)14(2-1-5-21)10-6-12(18)8-13(19)7-10/h3-4,6-9,14H,1-2,5H2. The Kier molecular flexibility index (Phi) is 4.96. The van der Waals surface area contributed by atoms with Crippen LogP contribution in [0, 0.1) is 23.3 Å². The van der Waals surface area contributed by atoms with E-state index in [1.807, 2.05) is 0 Å². The predicted octanol–water partition coefficient (Wildman–Crippen LogP) is 4.59. The van der Waals surface area contributed by atoms with Gasteiger partial charge in [-0.25, -0.2) is 22.7 Å². The van der Waals surface area contributed by atoms with Crippen LogP contribution < -0.4 is 0 Å². The lowest BCUT2D eigenvalue weighted by atomic mass is 9.87. The normalized spacial score (nSPS) is 12.4. The minimum Gasteiger partial charge on any atom is -0.237 e. The zero-order chi connectivity index (χ0) is 15.4. The molecule has 0 N–H and O–H groups in total. The molecule has 1 radical (unpaired) electrons. The molecular formula is C16H13F4O. The highest BCUT2D eigenvalue weighted by Crippen LogP contribution is 2.32. The highest BCUT2D eigenvalue weighted by atomic mass is 19.1. The van der Waals surface area contributed by atoms with Crippen LogP contribution in [-0.4, -0.2) is 6.61 Å². The van der Waals surface area contributed by atoms with Crippen molar-refractivity contribution in [2.24, 2.45) is 0 Å². The van der Waals surface area contributed by atoms with Crippen molar-refractivity contribution >= 4 is 0 Å². The molecule has 1 nitrogen and oxygen atoms in total. The maximum atomic E-state index is 13.9. The van der Waals surface area contributed by atoms with Gasteiger partial charge in [0.1, 0.15) is 23.3 Å². The highest BCUT2D eigenvalue weighted by molar-refractivity contribution is 5.34. The first-order valence-electron chi connectivity index (χ1n) is 6.50. The lowest BCUT2D eigenvalue weighted by Crippen LogP contribution is -2.06. The summed E-state index contributed by atoms with van der Waals surface area (Å²) < 4.78 is 53.6. The topological polar surface area (TPSA) is 19.9 Å². The molecule has 0 saturated heterocycles. The zero-order valence-electron chi connectivity index (χ0n) is 11.1. The molecule has 0 bridgehead atoms. The molecule has 0 aromatic heterocycles. The monoisotopic (exact) mass is 297 g/mol. The Morgan fingerprint density at radius 2 is 1.52 bits per heavy atom. The van der Waals surface area contributed by atoms with Gasteiger partial charge in [-0.2, -0.15) is 0 Å². The van der Waals surface area contributed by atoms with E-state index >= 15 is 0 Å². The molecule has 2 aromatic carbocycles. The van der Waals surface area contributed by atoms with Crippen LogP contribution in [0.5, 0.6) is 0 Å². The molecule has 1 atom stereocenters. The van der Waals surface area contributed by atoms with Crippen LogP contribution >= 0.6 is 0 Å². The van der Waals surface area contributed by atoms with Gasteiger partial charge >= 0.3 is 0 Å². The first-order chi connectivity index (χ1) is 10.0. The van der Waals surface area contributed by atoms with E-state index in [1.165, 1.54) is 6.07 Å². The molecule has 0 aliphatic carbocycles. The molecule has 0 spiro atoms. The largest absolute Gasteiger partial charge is 0.237 e. The minimum absolute atomic E-state index is 0.120. The maximum Gasteiger partial charge on any atom is 0.129 e. The number of rotatable bonds is 5. The Balaban J connectivity index is 2.46. The molecule has 0 heterocycles. The van der Waals surface area contributed by atoms with E-state index in [4.69, 9.17) is 0 Å². The number of halogens is 4. The van der Waals surface area contributed by atoms with Crippen LogP contribution in [0.15, 0.2) is 36.4 Å². The molecular weight excluding hydrogens is 284 g/mol. The molecule has 1 unspecified atom stereocenters. The SMILES string of the molecule is [O]CCCC(c1cc(F)cc(F)c1)c1ccc(F)cc1F. The van der Waals surface area contributed by atoms with E-state index < -0.39 is 29.2 Å². The van der Waals surface area contributed by atoms with Crippen LogP contribution in [0.2, 0.25) is 0 Å². The Labute approximate surface area is 119 Å². The van der Waals surface area contributed by atoms with Crippen molar-refractivity contribution in [3.63, 3.8) is 0 Å². The van der Waals surface area contributed by atoms with Crippen molar-refractivity contribution in [2.45, 2.75) is 18.8 Å². The van der Waals surface area contributed by atoms with Crippen molar-refractivity contribution in [3.8, 4) is 0 Å². The van der Waals surface area contributed by atoms with E-state index in [-0.39, 0.29) is 30.6 Å². The Morgan fingerprint density at radius 3 is 2.10 bits per heavy atom. The van der Waals surface area contributed by atoms with Gasteiger partial charge in [0.15, 0.2) is 0 Å². The highest BCUT2D eigenvalue weighted by Gasteiger charge is 2.19. The van der Waals surface area contributed by atoms with Crippen LogP contribution in [0.1, 0.15) is 29.9 Å². The predicted molar refractivity (Wildman–Crippen MR) is 69.3 cm³/mol. The zero-order valence-corrected chi connectivity index (χ0v) is 11.1. The summed E-state index contributed by atoms with van der Waals surface area (Å²) in [6.45, 7) is -0.378. The van der Waals surface area contributed by atoms with Crippen molar-refractivity contribution in [1.82, 2.24) is 0 Å². The summed E-state index contributed by atoms with van der Waals surface area (Å²) in [5, 5.41) is 10.7. The van der Waals surface area contributed by atoms with Crippen molar-refractivity contribution in [2.75, 3.05) is 6.61 Å². The Morgan fingerprint density at radius 1 is 0.857 bits per heavy atom. The molecule has 0 aliphatic heterocycles. The fourth-order valence-electron chi connectivity index (χ4n) is 2.35. The van der Waals surface area contributed by atoms with E-state index in [0.717, 1.165) is 30.3 Å². The second kappa shape index (κ2) is 6.72. The molecule has 2 rings (SSSR count). The minimum atomic E-state index is -0.796. The van der Waals surface area contributed by atoms with Crippen LogP contribution in [0.25, 0.3) is 0 Å². The summed E-state index contributed by atoms with van der Waals surface area (Å²) in [5.41, 5.74) is 0.348. The summed E-state index contributed by atoms with van der Waals surface area (Å²) in [6.07, 6.45) is 0.453. The van der Waals surface area contributed by atoms with Crippen molar-refractivity contribution in [1.29, 1.82) is 0 Å². The third-order valence-corrected chi connectivity index (χ3v) is 3.26. The third-order valence-electron chi connectivity index (χ3n) is 3.26. The summed E-state index contributed by atoms with van der Waals surface area (Å²) in [7, 11) is 0. The van der Waals surface area contributed by atoms with Crippen LogP contribution in [0.3, 0.4) is 0 Å². The molecule has 111 valence electrons. The second-order valence-electron chi connectivity index (χ2n) is 4.77. The first kappa shape index (κ1) is 15.5. The third kappa shape index (κ3) is 3.82. The fourth-order valence-corrected chi connectivity index (χ4v) is 2.35. The molecule has 5 heteroatoms. The van der Waals surface area contributed by atoms with Gasteiger partial charge in [-0.1, -0.05) is 6.07 Å². The smallest absolute Gasteiger partial charge is 0.129 e. The van der Waals surface area contributed by atoms with Crippen molar-refractivity contribution in [3.05, 3.63) is 70.8 Å². The van der Waals surface area contributed by atoms with Gasteiger partial charge in [-0.05, 0) is 42.2 Å². The summed E-state index contributed by atoms with van der Waals surface area (Å²) in [5.74, 6) is -3.77. The number of benzene rings is 2. The van der Waals surface area contributed by atoms with Gasteiger partial charge < -0.3 is 0 Å². The van der Waals surface area contributed by atoms with Gasteiger partial charge in [0.25, 0.3) is 0 Å². The second-order valence-corrected chi connectivity index (χ2v) is 4.77. The van der Waals surface area contributed by atoms with E-state index in [9.17, 15) is 22.7 Å². The molecule has 21 heavy (non-hydrogen) atoms. The quantitative estimate of drug-likeness (QED) is 0.720.